The first-order valence-corrected chi connectivity index (χ1v) is 5.50. The monoisotopic (exact) mass is 241 g/mol. The first kappa shape index (κ1) is 12.8. The number of amides is 1. The highest BCUT2D eigenvalue weighted by atomic mass is 35.5. The topological polar surface area (TPSA) is 38.3 Å². The molecule has 0 spiro atoms. The molecule has 0 aliphatic rings. The highest BCUT2D eigenvalue weighted by molar-refractivity contribution is 6.32. The Balaban J connectivity index is 2.83. The smallest absolute Gasteiger partial charge is 0.220 e. The molecule has 4 heteroatoms. The van der Waals surface area contributed by atoms with Crippen LogP contribution in [0, 0.1) is 0 Å². The molecule has 0 saturated heterocycles. The van der Waals surface area contributed by atoms with E-state index in [4.69, 9.17) is 16.3 Å². The molecule has 3 nitrogen and oxygen atoms in total. The first-order chi connectivity index (χ1) is 7.58. The second-order valence-corrected chi connectivity index (χ2v) is 4.08. The molecule has 1 amide bonds. The van der Waals surface area contributed by atoms with Crippen molar-refractivity contribution in [3.05, 3.63) is 28.8 Å². The van der Waals surface area contributed by atoms with Crippen LogP contribution in [0.25, 0.3) is 0 Å². The molecule has 0 aliphatic heterocycles. The summed E-state index contributed by atoms with van der Waals surface area (Å²) >= 11 is 5.93. The largest absolute Gasteiger partial charge is 0.495 e. The second-order valence-electron chi connectivity index (χ2n) is 3.67. The number of methoxy groups -OCH3 is 1. The van der Waals surface area contributed by atoms with E-state index >= 15 is 0 Å². The van der Waals surface area contributed by atoms with E-state index in [1.54, 1.807) is 20.2 Å². The number of hydrogen-bond acceptors (Lipinski definition) is 2. The lowest BCUT2D eigenvalue weighted by molar-refractivity contribution is -0.120. The molecule has 1 aromatic rings. The molecule has 0 aliphatic carbocycles. The maximum absolute atomic E-state index is 11.2. The number of rotatable bonds is 4. The van der Waals surface area contributed by atoms with E-state index < -0.39 is 0 Å². The molecule has 1 unspecified atom stereocenters. The van der Waals surface area contributed by atoms with E-state index in [9.17, 15) is 4.79 Å². The minimum Gasteiger partial charge on any atom is -0.495 e. The molecule has 0 fully saturated rings. The van der Waals surface area contributed by atoms with Gasteiger partial charge in [-0.05, 0) is 23.6 Å². The van der Waals surface area contributed by atoms with Gasteiger partial charge < -0.3 is 10.1 Å². The van der Waals surface area contributed by atoms with Gasteiger partial charge in [0.05, 0.1) is 12.1 Å². The van der Waals surface area contributed by atoms with Crippen LogP contribution in [0.15, 0.2) is 18.2 Å². The molecule has 0 radical (unpaired) electrons. The van der Waals surface area contributed by atoms with Crippen LogP contribution in [0.3, 0.4) is 0 Å². The Bertz CT molecular complexity index is 379. The van der Waals surface area contributed by atoms with Gasteiger partial charge in [-0.1, -0.05) is 24.6 Å². The molecule has 0 saturated carbocycles. The number of carbonyl (C=O) groups excluding carboxylic acids is 1. The van der Waals surface area contributed by atoms with Crippen molar-refractivity contribution in [3.8, 4) is 5.75 Å². The van der Waals surface area contributed by atoms with Gasteiger partial charge in [0.15, 0.2) is 0 Å². The van der Waals surface area contributed by atoms with E-state index in [-0.39, 0.29) is 11.8 Å². The van der Waals surface area contributed by atoms with Gasteiger partial charge in [-0.2, -0.15) is 0 Å². The molecule has 16 heavy (non-hydrogen) atoms. The van der Waals surface area contributed by atoms with E-state index in [2.05, 4.69) is 5.32 Å². The number of benzene rings is 1. The van der Waals surface area contributed by atoms with Crippen molar-refractivity contribution in [2.45, 2.75) is 19.3 Å². The average Bonchev–Trinajstić information content (AvgIpc) is 2.29. The molecule has 0 heterocycles. The van der Waals surface area contributed by atoms with Gasteiger partial charge in [0.1, 0.15) is 5.75 Å². The van der Waals surface area contributed by atoms with Crippen LogP contribution in [0.2, 0.25) is 5.02 Å². The maximum atomic E-state index is 11.2. The highest BCUT2D eigenvalue weighted by Crippen LogP contribution is 2.29. The minimum absolute atomic E-state index is 0.0291. The lowest BCUT2D eigenvalue weighted by atomic mass is 9.97. The summed E-state index contributed by atoms with van der Waals surface area (Å²) in [5.41, 5.74) is 1.05. The van der Waals surface area contributed by atoms with E-state index in [1.165, 1.54) is 0 Å². The van der Waals surface area contributed by atoms with E-state index in [0.29, 0.717) is 17.2 Å². The van der Waals surface area contributed by atoms with Crippen molar-refractivity contribution in [1.29, 1.82) is 0 Å². The third kappa shape index (κ3) is 3.14. The molecule has 1 rings (SSSR count). The van der Waals surface area contributed by atoms with Gasteiger partial charge in [-0.15, -0.1) is 0 Å². The Labute approximate surface area is 101 Å². The molecule has 1 N–H and O–H groups in total. The Kier molecular flexibility index (Phi) is 4.62. The number of nitrogens with one attached hydrogen (secondary N) is 1. The van der Waals surface area contributed by atoms with Crippen molar-refractivity contribution in [2.24, 2.45) is 0 Å². The summed E-state index contributed by atoms with van der Waals surface area (Å²) in [6.45, 7) is 2.00. The van der Waals surface area contributed by atoms with Gasteiger partial charge in [-0.25, -0.2) is 0 Å². The van der Waals surface area contributed by atoms with Crippen LogP contribution in [0.4, 0.5) is 0 Å². The molecule has 1 aromatic carbocycles. The SMILES string of the molecule is CNC(=O)CC(C)c1ccc(Cl)c(OC)c1. The molecular weight excluding hydrogens is 226 g/mol. The number of hydrogen-bond donors (Lipinski definition) is 1. The summed E-state index contributed by atoms with van der Waals surface area (Å²) in [5, 5.41) is 3.19. The van der Waals surface area contributed by atoms with Gasteiger partial charge in [0.25, 0.3) is 0 Å². The van der Waals surface area contributed by atoms with Gasteiger partial charge in [-0.3, -0.25) is 4.79 Å². The van der Waals surface area contributed by atoms with Crippen LogP contribution in [0.5, 0.6) is 5.75 Å². The van der Waals surface area contributed by atoms with Crippen LogP contribution in [-0.4, -0.2) is 20.1 Å². The number of halogens is 1. The second kappa shape index (κ2) is 5.75. The zero-order valence-corrected chi connectivity index (χ0v) is 10.5. The Morgan fingerprint density at radius 1 is 1.56 bits per heavy atom. The van der Waals surface area contributed by atoms with Crippen LogP contribution >= 0.6 is 11.6 Å². The third-order valence-electron chi connectivity index (χ3n) is 2.51. The molecule has 0 bridgehead atoms. The Morgan fingerprint density at radius 3 is 2.81 bits per heavy atom. The van der Waals surface area contributed by atoms with Crippen LogP contribution in [0.1, 0.15) is 24.8 Å². The van der Waals surface area contributed by atoms with Crippen molar-refractivity contribution in [2.75, 3.05) is 14.2 Å². The van der Waals surface area contributed by atoms with Crippen molar-refractivity contribution in [3.63, 3.8) is 0 Å². The summed E-state index contributed by atoms with van der Waals surface area (Å²) in [7, 11) is 3.21. The lowest BCUT2D eigenvalue weighted by Crippen LogP contribution is -2.19. The van der Waals surface area contributed by atoms with E-state index in [0.717, 1.165) is 5.56 Å². The average molecular weight is 242 g/mol. The maximum Gasteiger partial charge on any atom is 0.220 e. The lowest BCUT2D eigenvalue weighted by Gasteiger charge is -2.12. The quantitative estimate of drug-likeness (QED) is 0.880. The molecule has 88 valence electrons. The zero-order valence-electron chi connectivity index (χ0n) is 9.71. The van der Waals surface area contributed by atoms with Crippen LogP contribution < -0.4 is 10.1 Å². The highest BCUT2D eigenvalue weighted by Gasteiger charge is 2.12. The van der Waals surface area contributed by atoms with E-state index in [1.807, 2.05) is 19.1 Å². The van der Waals surface area contributed by atoms with Gasteiger partial charge in [0, 0.05) is 13.5 Å². The fourth-order valence-corrected chi connectivity index (χ4v) is 1.68. The van der Waals surface area contributed by atoms with Crippen molar-refractivity contribution < 1.29 is 9.53 Å². The predicted octanol–water partition coefficient (Wildman–Crippen LogP) is 2.59. The fraction of sp³-hybridized carbons (Fsp3) is 0.417. The van der Waals surface area contributed by atoms with Crippen molar-refractivity contribution in [1.82, 2.24) is 5.32 Å². The summed E-state index contributed by atoms with van der Waals surface area (Å²) in [6.07, 6.45) is 0.460. The summed E-state index contributed by atoms with van der Waals surface area (Å²) in [4.78, 5) is 11.2. The first-order valence-electron chi connectivity index (χ1n) is 5.12. The normalized spacial score (nSPS) is 12.0. The Hall–Kier alpha value is -1.22. The third-order valence-corrected chi connectivity index (χ3v) is 2.83. The summed E-state index contributed by atoms with van der Waals surface area (Å²) < 4.78 is 5.13. The van der Waals surface area contributed by atoms with Crippen molar-refractivity contribution >= 4 is 17.5 Å². The predicted molar refractivity (Wildman–Crippen MR) is 65.1 cm³/mol. The fourth-order valence-electron chi connectivity index (χ4n) is 1.48. The molecular formula is C12H16ClNO2. The van der Waals surface area contributed by atoms with Gasteiger partial charge in [0.2, 0.25) is 5.91 Å². The number of ether oxygens (including phenoxy) is 1. The zero-order chi connectivity index (χ0) is 12.1. The summed E-state index contributed by atoms with van der Waals surface area (Å²) in [5.74, 6) is 0.815. The summed E-state index contributed by atoms with van der Waals surface area (Å²) in [6, 6.07) is 5.57. The number of carbonyl (C=O) groups is 1. The minimum atomic E-state index is 0.0291. The van der Waals surface area contributed by atoms with Crippen LogP contribution in [-0.2, 0) is 4.79 Å². The standard InChI is InChI=1S/C12H16ClNO2/c1-8(6-12(15)14-2)9-4-5-10(13)11(7-9)16-3/h4-5,7-8H,6H2,1-3H3,(H,14,15). The molecule has 0 aromatic heterocycles. The van der Waals surface area contributed by atoms with Gasteiger partial charge >= 0.3 is 0 Å². The Morgan fingerprint density at radius 2 is 2.25 bits per heavy atom. The molecule has 1 atom stereocenters.